The summed E-state index contributed by atoms with van der Waals surface area (Å²) in [6.45, 7) is 5.77. The summed E-state index contributed by atoms with van der Waals surface area (Å²) in [5, 5.41) is 12.0. The van der Waals surface area contributed by atoms with Crippen LogP contribution in [0.1, 0.15) is 48.2 Å². The standard InChI is InChI=1S/C25H27N3O5/c1-25(2,3)33-24(31)28-14-20(17-8-6-9-18(12-17)23(30)32-4)21(15-28)22(29)27-19-10-5-7-16(11-19)13-26/h5-12,20-21H,14-15H2,1-4H3,(H,27,29)/t20-,21+/m1/s1. The molecule has 0 aliphatic carbocycles. The van der Waals surface area contributed by atoms with Crippen LogP contribution in [-0.4, -0.2) is 48.7 Å². The van der Waals surface area contributed by atoms with Gasteiger partial charge in [-0.15, -0.1) is 0 Å². The van der Waals surface area contributed by atoms with Crippen LogP contribution in [0.5, 0.6) is 0 Å². The molecule has 0 saturated carbocycles. The molecule has 1 saturated heterocycles. The van der Waals surface area contributed by atoms with Gasteiger partial charge in [-0.3, -0.25) is 4.79 Å². The Morgan fingerprint density at radius 3 is 2.48 bits per heavy atom. The third-order valence-corrected chi connectivity index (χ3v) is 5.30. The third-order valence-electron chi connectivity index (χ3n) is 5.30. The lowest BCUT2D eigenvalue weighted by Gasteiger charge is -2.24. The van der Waals surface area contributed by atoms with Crippen molar-refractivity contribution in [3.05, 3.63) is 65.2 Å². The lowest BCUT2D eigenvalue weighted by molar-refractivity contribution is -0.119. The van der Waals surface area contributed by atoms with E-state index >= 15 is 0 Å². The zero-order valence-corrected chi connectivity index (χ0v) is 19.1. The van der Waals surface area contributed by atoms with Crippen molar-refractivity contribution >= 4 is 23.7 Å². The Morgan fingerprint density at radius 1 is 1.09 bits per heavy atom. The van der Waals surface area contributed by atoms with Gasteiger partial charge in [0.05, 0.1) is 30.2 Å². The number of methoxy groups -OCH3 is 1. The Balaban J connectivity index is 1.90. The van der Waals surface area contributed by atoms with Crippen LogP contribution in [0.3, 0.4) is 0 Å². The van der Waals surface area contributed by atoms with E-state index in [9.17, 15) is 14.4 Å². The Bertz CT molecular complexity index is 1100. The minimum atomic E-state index is -0.671. The molecule has 8 nitrogen and oxygen atoms in total. The van der Waals surface area contributed by atoms with Crippen molar-refractivity contribution in [1.82, 2.24) is 4.90 Å². The highest BCUT2D eigenvalue weighted by atomic mass is 16.6. The number of carbonyl (C=O) groups is 3. The summed E-state index contributed by atoms with van der Waals surface area (Å²) in [7, 11) is 1.31. The predicted molar refractivity (Wildman–Crippen MR) is 122 cm³/mol. The first-order valence-electron chi connectivity index (χ1n) is 10.6. The molecule has 2 aromatic carbocycles. The molecular weight excluding hydrogens is 422 g/mol. The Morgan fingerprint density at radius 2 is 1.82 bits per heavy atom. The molecule has 8 heteroatoms. The molecule has 0 bridgehead atoms. The minimum absolute atomic E-state index is 0.159. The summed E-state index contributed by atoms with van der Waals surface area (Å²) in [6.07, 6.45) is -0.501. The fourth-order valence-corrected chi connectivity index (χ4v) is 3.80. The van der Waals surface area contributed by atoms with E-state index in [4.69, 9.17) is 14.7 Å². The highest BCUT2D eigenvalue weighted by Gasteiger charge is 2.42. The highest BCUT2D eigenvalue weighted by Crippen LogP contribution is 2.35. The number of nitrogens with zero attached hydrogens (tertiary/aromatic N) is 2. The Kier molecular flexibility index (Phi) is 7.02. The van der Waals surface area contributed by atoms with Crippen LogP contribution in [0.25, 0.3) is 0 Å². The average Bonchev–Trinajstić information content (AvgIpc) is 3.23. The molecule has 2 amide bonds. The van der Waals surface area contributed by atoms with Gasteiger partial charge in [0.2, 0.25) is 5.91 Å². The molecule has 2 aromatic rings. The SMILES string of the molecule is COC(=O)c1cccc([C@H]2CN(C(=O)OC(C)(C)C)C[C@@H]2C(=O)Nc2cccc(C#N)c2)c1. The Labute approximate surface area is 193 Å². The summed E-state index contributed by atoms with van der Waals surface area (Å²) in [6, 6.07) is 15.5. The fourth-order valence-electron chi connectivity index (χ4n) is 3.80. The first kappa shape index (κ1) is 23.8. The van der Waals surface area contributed by atoms with Gasteiger partial charge in [-0.25, -0.2) is 9.59 Å². The number of ether oxygens (including phenoxy) is 2. The molecule has 2 atom stereocenters. The monoisotopic (exact) mass is 449 g/mol. The van der Waals surface area contributed by atoms with E-state index in [1.807, 2.05) is 12.1 Å². The van der Waals surface area contributed by atoms with E-state index in [1.54, 1.807) is 63.2 Å². The summed E-state index contributed by atoms with van der Waals surface area (Å²) >= 11 is 0. The van der Waals surface area contributed by atoms with Gasteiger partial charge < -0.3 is 19.7 Å². The number of rotatable bonds is 4. The van der Waals surface area contributed by atoms with Gasteiger partial charge in [-0.1, -0.05) is 18.2 Å². The average molecular weight is 450 g/mol. The number of nitriles is 1. The second-order valence-electron chi connectivity index (χ2n) is 8.90. The quantitative estimate of drug-likeness (QED) is 0.709. The van der Waals surface area contributed by atoms with E-state index in [1.165, 1.54) is 12.0 Å². The molecule has 33 heavy (non-hydrogen) atoms. The summed E-state index contributed by atoms with van der Waals surface area (Å²) in [4.78, 5) is 39.5. The lowest BCUT2D eigenvalue weighted by Crippen LogP contribution is -2.36. The Hall–Kier alpha value is -3.86. The van der Waals surface area contributed by atoms with Gasteiger partial charge >= 0.3 is 12.1 Å². The van der Waals surface area contributed by atoms with Crippen molar-refractivity contribution < 1.29 is 23.9 Å². The molecule has 0 radical (unpaired) electrons. The molecule has 3 rings (SSSR count). The van der Waals surface area contributed by atoms with Crippen molar-refractivity contribution in [2.45, 2.75) is 32.3 Å². The molecule has 0 spiro atoms. The summed E-state index contributed by atoms with van der Waals surface area (Å²) < 4.78 is 10.3. The number of benzene rings is 2. The molecule has 1 aliphatic heterocycles. The van der Waals surface area contributed by atoms with Crippen molar-refractivity contribution in [3.8, 4) is 6.07 Å². The van der Waals surface area contributed by atoms with Crippen LogP contribution in [0.2, 0.25) is 0 Å². The number of amides is 2. The number of esters is 1. The van der Waals surface area contributed by atoms with Gasteiger partial charge in [0.25, 0.3) is 0 Å². The molecule has 172 valence electrons. The lowest BCUT2D eigenvalue weighted by atomic mass is 9.87. The number of carbonyl (C=O) groups excluding carboxylic acids is 3. The fraction of sp³-hybridized carbons (Fsp3) is 0.360. The van der Waals surface area contributed by atoms with Crippen LogP contribution in [0, 0.1) is 17.2 Å². The maximum absolute atomic E-state index is 13.3. The largest absolute Gasteiger partial charge is 0.465 e. The van der Waals surface area contributed by atoms with Crippen molar-refractivity contribution in [2.75, 3.05) is 25.5 Å². The van der Waals surface area contributed by atoms with Gasteiger partial charge in [0.15, 0.2) is 0 Å². The van der Waals surface area contributed by atoms with E-state index in [-0.39, 0.29) is 24.9 Å². The van der Waals surface area contributed by atoms with Gasteiger partial charge in [-0.05, 0) is 56.7 Å². The maximum Gasteiger partial charge on any atom is 0.410 e. The normalized spacial score (nSPS) is 17.7. The van der Waals surface area contributed by atoms with E-state index < -0.39 is 23.6 Å². The van der Waals surface area contributed by atoms with Gasteiger partial charge in [0.1, 0.15) is 5.60 Å². The molecule has 0 aromatic heterocycles. The second kappa shape index (κ2) is 9.74. The van der Waals surface area contributed by atoms with Crippen LogP contribution < -0.4 is 5.32 Å². The highest BCUT2D eigenvalue weighted by molar-refractivity contribution is 5.94. The molecule has 1 N–H and O–H groups in total. The first-order valence-corrected chi connectivity index (χ1v) is 10.6. The smallest absolute Gasteiger partial charge is 0.410 e. The molecule has 0 unspecified atom stereocenters. The topological polar surface area (TPSA) is 109 Å². The molecular formula is C25H27N3O5. The van der Waals surface area contributed by atoms with Crippen molar-refractivity contribution in [3.63, 3.8) is 0 Å². The van der Waals surface area contributed by atoms with Crippen molar-refractivity contribution in [1.29, 1.82) is 5.26 Å². The van der Waals surface area contributed by atoms with Crippen LogP contribution in [0.15, 0.2) is 48.5 Å². The predicted octanol–water partition coefficient (Wildman–Crippen LogP) is 3.93. The minimum Gasteiger partial charge on any atom is -0.465 e. The third kappa shape index (κ3) is 5.89. The van der Waals surface area contributed by atoms with Crippen LogP contribution in [-0.2, 0) is 14.3 Å². The maximum atomic E-state index is 13.3. The number of nitrogens with one attached hydrogen (secondary N) is 1. The summed E-state index contributed by atoms with van der Waals surface area (Å²) in [5.41, 5.74) is 1.37. The van der Waals surface area contributed by atoms with Crippen molar-refractivity contribution in [2.24, 2.45) is 5.92 Å². The van der Waals surface area contributed by atoms with E-state index in [2.05, 4.69) is 5.32 Å². The number of hydrogen-bond acceptors (Lipinski definition) is 6. The zero-order valence-electron chi connectivity index (χ0n) is 19.1. The van der Waals surface area contributed by atoms with Gasteiger partial charge in [-0.2, -0.15) is 5.26 Å². The van der Waals surface area contributed by atoms with Crippen LogP contribution in [0.4, 0.5) is 10.5 Å². The van der Waals surface area contributed by atoms with E-state index in [0.29, 0.717) is 16.8 Å². The second-order valence-corrected chi connectivity index (χ2v) is 8.90. The van der Waals surface area contributed by atoms with Crippen LogP contribution >= 0.6 is 0 Å². The number of hydrogen-bond donors (Lipinski definition) is 1. The zero-order chi connectivity index (χ0) is 24.2. The number of anilines is 1. The molecule has 1 aliphatic rings. The number of likely N-dealkylation sites (tertiary alicyclic amines) is 1. The summed E-state index contributed by atoms with van der Waals surface area (Å²) in [5.74, 6) is -1.71. The molecule has 1 fully saturated rings. The first-order chi connectivity index (χ1) is 15.6. The van der Waals surface area contributed by atoms with E-state index in [0.717, 1.165) is 5.56 Å². The molecule has 1 heterocycles. The van der Waals surface area contributed by atoms with Gasteiger partial charge in [0, 0.05) is 24.7 Å².